The molecule has 62 valence electrons. The summed E-state index contributed by atoms with van der Waals surface area (Å²) in [6, 6.07) is 7.99. The van der Waals surface area contributed by atoms with E-state index in [1.165, 1.54) is 5.56 Å². The first-order valence-corrected chi connectivity index (χ1v) is 3.56. The van der Waals surface area contributed by atoms with E-state index in [4.69, 9.17) is 5.73 Å². The Morgan fingerprint density at radius 2 is 1.67 bits per heavy atom. The van der Waals surface area contributed by atoms with Crippen LogP contribution < -0.4 is 57.1 Å². The molecule has 1 rings (SSSR count). The van der Waals surface area contributed by atoms with Gasteiger partial charge in [-0.1, -0.05) is 32.0 Å². The van der Waals surface area contributed by atoms with Gasteiger partial charge in [0.2, 0.25) is 0 Å². The van der Waals surface area contributed by atoms with Crippen molar-refractivity contribution >= 4 is 5.69 Å². The van der Waals surface area contributed by atoms with Crippen LogP contribution in [0.5, 0.6) is 0 Å². The quantitative estimate of drug-likeness (QED) is 0.371. The standard InChI is InChI=1S/C9H13N.CH3.K/c1-7(2)8-5-3-4-6-9(8)10;;/h3-7H,10H2,1-2H3;1H3;/q;-1;+1. The molecule has 0 aliphatic rings. The molecular weight excluding hydrogens is 173 g/mol. The van der Waals surface area contributed by atoms with Crippen molar-refractivity contribution in [3.63, 3.8) is 0 Å². The minimum absolute atomic E-state index is 0. The number of benzene rings is 1. The number of nitrogen functional groups attached to an aromatic ring is 1. The second kappa shape index (κ2) is 7.10. The zero-order valence-corrected chi connectivity index (χ0v) is 11.6. The molecule has 0 bridgehead atoms. The molecule has 0 spiro atoms. The van der Waals surface area contributed by atoms with E-state index in [-0.39, 0.29) is 58.8 Å². The van der Waals surface area contributed by atoms with E-state index in [0.29, 0.717) is 5.92 Å². The Bertz CT molecular complexity index is 221. The van der Waals surface area contributed by atoms with Crippen molar-refractivity contribution < 1.29 is 51.4 Å². The van der Waals surface area contributed by atoms with Gasteiger partial charge in [0.15, 0.2) is 0 Å². The van der Waals surface area contributed by atoms with Gasteiger partial charge >= 0.3 is 51.4 Å². The molecule has 1 aromatic rings. The number of hydrogen-bond acceptors (Lipinski definition) is 1. The van der Waals surface area contributed by atoms with Crippen LogP contribution >= 0.6 is 0 Å². The molecule has 0 heterocycles. The molecule has 0 unspecified atom stereocenters. The Balaban J connectivity index is 0. The Morgan fingerprint density at radius 3 is 2.00 bits per heavy atom. The SMILES string of the molecule is CC(C)c1ccccc1N.[CH3-].[K+]. The molecule has 0 saturated carbocycles. The Labute approximate surface area is 118 Å². The number of anilines is 1. The summed E-state index contributed by atoms with van der Waals surface area (Å²) in [5.74, 6) is 0.529. The third kappa shape index (κ3) is 4.05. The van der Waals surface area contributed by atoms with Crippen molar-refractivity contribution in [1.29, 1.82) is 0 Å². The summed E-state index contributed by atoms with van der Waals surface area (Å²) in [6.07, 6.45) is 0. The molecule has 0 saturated heterocycles. The van der Waals surface area contributed by atoms with Crippen LogP contribution in [0.3, 0.4) is 0 Å². The predicted molar refractivity (Wildman–Crippen MR) is 51.4 cm³/mol. The van der Waals surface area contributed by atoms with Crippen molar-refractivity contribution in [3.8, 4) is 0 Å². The fourth-order valence-corrected chi connectivity index (χ4v) is 1.04. The van der Waals surface area contributed by atoms with Crippen LogP contribution in [0.4, 0.5) is 5.69 Å². The van der Waals surface area contributed by atoms with Crippen LogP contribution in [0.25, 0.3) is 0 Å². The van der Waals surface area contributed by atoms with Crippen LogP contribution in [0.1, 0.15) is 25.3 Å². The second-order valence-electron chi connectivity index (χ2n) is 2.78. The Morgan fingerprint density at radius 1 is 1.17 bits per heavy atom. The minimum Gasteiger partial charge on any atom is -0.398 e. The number of hydrogen-bond donors (Lipinski definition) is 1. The zero-order valence-electron chi connectivity index (χ0n) is 8.46. The smallest absolute Gasteiger partial charge is 0.398 e. The summed E-state index contributed by atoms with van der Waals surface area (Å²) in [4.78, 5) is 0. The second-order valence-corrected chi connectivity index (χ2v) is 2.78. The van der Waals surface area contributed by atoms with E-state index in [1.54, 1.807) is 0 Å². The fraction of sp³-hybridized carbons (Fsp3) is 0.300. The first kappa shape index (κ1) is 15.1. The summed E-state index contributed by atoms with van der Waals surface area (Å²) < 4.78 is 0. The number of nitrogens with two attached hydrogens (primary N) is 1. The molecule has 2 heteroatoms. The number of rotatable bonds is 1. The number of para-hydroxylation sites is 1. The van der Waals surface area contributed by atoms with E-state index in [2.05, 4.69) is 19.9 Å². The van der Waals surface area contributed by atoms with Gasteiger partial charge in [0, 0.05) is 5.69 Å². The summed E-state index contributed by atoms with van der Waals surface area (Å²) in [5, 5.41) is 0. The van der Waals surface area contributed by atoms with Crippen LogP contribution in [-0.2, 0) is 0 Å². The van der Waals surface area contributed by atoms with E-state index < -0.39 is 0 Å². The van der Waals surface area contributed by atoms with Gasteiger partial charge in [-0.15, -0.1) is 0 Å². The maximum absolute atomic E-state index is 5.72. The molecule has 0 radical (unpaired) electrons. The van der Waals surface area contributed by atoms with Crippen molar-refractivity contribution in [2.24, 2.45) is 0 Å². The molecule has 0 aliphatic heterocycles. The third-order valence-corrected chi connectivity index (χ3v) is 1.62. The average molecular weight is 189 g/mol. The van der Waals surface area contributed by atoms with Gasteiger partial charge in [0.1, 0.15) is 0 Å². The largest absolute Gasteiger partial charge is 1.00 e. The first-order chi connectivity index (χ1) is 4.72. The van der Waals surface area contributed by atoms with Gasteiger partial charge in [-0.25, -0.2) is 0 Å². The van der Waals surface area contributed by atoms with Gasteiger partial charge < -0.3 is 13.2 Å². The summed E-state index contributed by atoms with van der Waals surface area (Å²) in [6.45, 7) is 4.29. The molecule has 0 atom stereocenters. The molecule has 0 aromatic heterocycles. The Hall–Kier alpha value is 0.656. The van der Waals surface area contributed by atoms with Crippen molar-refractivity contribution in [2.45, 2.75) is 19.8 Å². The zero-order chi connectivity index (χ0) is 7.56. The molecule has 0 fully saturated rings. The van der Waals surface area contributed by atoms with Crippen molar-refractivity contribution in [3.05, 3.63) is 37.3 Å². The van der Waals surface area contributed by atoms with Gasteiger partial charge in [0.25, 0.3) is 0 Å². The topological polar surface area (TPSA) is 26.0 Å². The van der Waals surface area contributed by atoms with Gasteiger partial charge in [-0.05, 0) is 17.5 Å². The van der Waals surface area contributed by atoms with Crippen molar-refractivity contribution in [2.75, 3.05) is 5.73 Å². The Kier molecular flexibility index (Phi) is 8.96. The average Bonchev–Trinajstić information content (AvgIpc) is 1.88. The van der Waals surface area contributed by atoms with Gasteiger partial charge in [-0.3, -0.25) is 0 Å². The maximum atomic E-state index is 5.72. The van der Waals surface area contributed by atoms with Crippen molar-refractivity contribution in [1.82, 2.24) is 0 Å². The van der Waals surface area contributed by atoms with E-state index in [0.717, 1.165) is 5.69 Å². The van der Waals surface area contributed by atoms with Crippen LogP contribution in [0.2, 0.25) is 0 Å². The molecule has 12 heavy (non-hydrogen) atoms. The first-order valence-electron chi connectivity index (χ1n) is 3.56. The third-order valence-electron chi connectivity index (χ3n) is 1.62. The monoisotopic (exact) mass is 189 g/mol. The minimum atomic E-state index is 0. The van der Waals surface area contributed by atoms with E-state index in [1.807, 2.05) is 18.2 Å². The summed E-state index contributed by atoms with van der Waals surface area (Å²) >= 11 is 0. The van der Waals surface area contributed by atoms with Crippen LogP contribution in [-0.4, -0.2) is 0 Å². The molecule has 1 nitrogen and oxygen atoms in total. The molecule has 0 aliphatic carbocycles. The van der Waals surface area contributed by atoms with E-state index in [9.17, 15) is 0 Å². The summed E-state index contributed by atoms with van der Waals surface area (Å²) in [5.41, 5.74) is 7.86. The fourth-order valence-electron chi connectivity index (χ4n) is 1.04. The molecule has 2 N–H and O–H groups in total. The normalized spacial score (nSPS) is 8.58. The molecule has 0 amide bonds. The summed E-state index contributed by atoms with van der Waals surface area (Å²) in [7, 11) is 0. The van der Waals surface area contributed by atoms with Crippen LogP contribution in [0.15, 0.2) is 24.3 Å². The van der Waals surface area contributed by atoms with Crippen LogP contribution in [0, 0.1) is 7.43 Å². The molecule has 1 aromatic carbocycles. The molecular formula is C10H16KN. The predicted octanol–water partition coefficient (Wildman–Crippen LogP) is -0.154. The van der Waals surface area contributed by atoms with Gasteiger partial charge in [0.05, 0.1) is 0 Å². The van der Waals surface area contributed by atoms with E-state index >= 15 is 0 Å². The maximum Gasteiger partial charge on any atom is 1.00 e. The van der Waals surface area contributed by atoms with Gasteiger partial charge in [-0.2, -0.15) is 0 Å².